The molecule has 0 saturated carbocycles. The second kappa shape index (κ2) is 9.87. The van der Waals surface area contributed by atoms with Gasteiger partial charge in [0.05, 0.1) is 50.4 Å². The maximum atomic E-state index is 9.84. The predicted molar refractivity (Wildman–Crippen MR) is 132 cm³/mol. The van der Waals surface area contributed by atoms with E-state index in [4.69, 9.17) is 9.72 Å². The summed E-state index contributed by atoms with van der Waals surface area (Å²) < 4.78 is 7.19. The molecule has 4 N–H and O–H groups in total. The van der Waals surface area contributed by atoms with Gasteiger partial charge in [0.15, 0.2) is 5.82 Å². The first-order chi connectivity index (χ1) is 17.1. The summed E-state index contributed by atoms with van der Waals surface area (Å²) in [5.41, 5.74) is 2.67. The Morgan fingerprint density at radius 3 is 2.74 bits per heavy atom. The number of rotatable bonds is 8. The van der Waals surface area contributed by atoms with E-state index in [1.807, 2.05) is 24.3 Å². The van der Waals surface area contributed by atoms with Gasteiger partial charge < -0.3 is 34.8 Å². The zero-order chi connectivity index (χ0) is 24.4. The maximum absolute atomic E-state index is 9.84. The number of ether oxygens (including phenoxy) is 1. The third-order valence-corrected chi connectivity index (χ3v) is 6.40. The molecule has 2 aromatic heterocycles. The van der Waals surface area contributed by atoms with Crippen molar-refractivity contribution in [1.82, 2.24) is 19.5 Å². The average Bonchev–Trinajstić information content (AvgIpc) is 3.57. The molecule has 10 heteroatoms. The van der Waals surface area contributed by atoms with Crippen LogP contribution >= 0.6 is 0 Å². The van der Waals surface area contributed by atoms with Gasteiger partial charge in [-0.25, -0.2) is 9.97 Å². The Kier molecular flexibility index (Phi) is 6.49. The van der Waals surface area contributed by atoms with E-state index < -0.39 is 0 Å². The molecule has 1 saturated heterocycles. The molecule has 4 aromatic rings. The lowest BCUT2D eigenvalue weighted by Crippen LogP contribution is -2.33. The van der Waals surface area contributed by atoms with Crippen molar-refractivity contribution in [2.45, 2.75) is 32.1 Å². The van der Waals surface area contributed by atoms with Gasteiger partial charge in [0, 0.05) is 23.6 Å². The minimum Gasteiger partial charge on any atom is -0.496 e. The van der Waals surface area contributed by atoms with Crippen LogP contribution in [0.15, 0.2) is 48.9 Å². The topological polar surface area (TPSA) is 129 Å². The van der Waals surface area contributed by atoms with Crippen LogP contribution in [0, 0.1) is 0 Å². The summed E-state index contributed by atoms with van der Waals surface area (Å²) in [7, 11) is 1.52. The Morgan fingerprint density at radius 1 is 1.11 bits per heavy atom. The fourth-order valence-corrected chi connectivity index (χ4v) is 4.62. The van der Waals surface area contributed by atoms with Crippen molar-refractivity contribution in [3.63, 3.8) is 0 Å². The van der Waals surface area contributed by atoms with E-state index in [-0.39, 0.29) is 25.9 Å². The molecule has 1 atom stereocenters. The van der Waals surface area contributed by atoms with Gasteiger partial charge in [-0.3, -0.25) is 0 Å². The fourth-order valence-electron chi connectivity index (χ4n) is 4.62. The van der Waals surface area contributed by atoms with Crippen molar-refractivity contribution in [3.05, 3.63) is 60.0 Å². The van der Waals surface area contributed by atoms with E-state index in [1.165, 1.54) is 7.11 Å². The molecule has 2 aromatic carbocycles. The molecule has 1 aliphatic rings. The number of imidazole rings is 1. The van der Waals surface area contributed by atoms with Crippen LogP contribution in [0.5, 0.6) is 5.75 Å². The second-order valence-corrected chi connectivity index (χ2v) is 8.45. The molecule has 5 rings (SSSR count). The Labute approximate surface area is 202 Å². The number of aromatic nitrogens is 4. The Hall–Kier alpha value is -3.73. The largest absolute Gasteiger partial charge is 0.496 e. The third kappa shape index (κ3) is 4.39. The number of aliphatic hydroxyl groups excluding tert-OH is 3. The van der Waals surface area contributed by atoms with Crippen LogP contribution in [0.4, 0.5) is 17.6 Å². The van der Waals surface area contributed by atoms with Crippen molar-refractivity contribution in [1.29, 1.82) is 0 Å². The van der Waals surface area contributed by atoms with Crippen LogP contribution in [-0.2, 0) is 13.2 Å². The average molecular weight is 477 g/mol. The Morgan fingerprint density at radius 2 is 1.97 bits per heavy atom. The van der Waals surface area contributed by atoms with E-state index in [2.05, 4.69) is 20.2 Å². The number of anilines is 3. The monoisotopic (exact) mass is 476 g/mol. The van der Waals surface area contributed by atoms with E-state index in [0.717, 1.165) is 41.8 Å². The number of hydrogen-bond donors (Lipinski definition) is 4. The van der Waals surface area contributed by atoms with Crippen LogP contribution in [0.1, 0.15) is 24.0 Å². The Bertz CT molecular complexity index is 1320. The number of nitrogens with one attached hydrogen (secondary N) is 1. The van der Waals surface area contributed by atoms with Gasteiger partial charge in [-0.1, -0.05) is 12.1 Å². The van der Waals surface area contributed by atoms with Crippen molar-refractivity contribution in [3.8, 4) is 11.4 Å². The van der Waals surface area contributed by atoms with Crippen molar-refractivity contribution >= 4 is 28.5 Å². The SMILES string of the molecule is COc1cc(-n2cnc(Nc3nc(N4CCC[C@H]4CO)c4ccccc4n3)c2)cc(CO)c1CO. The van der Waals surface area contributed by atoms with Crippen molar-refractivity contribution in [2.24, 2.45) is 0 Å². The second-order valence-electron chi connectivity index (χ2n) is 8.45. The molecule has 0 radical (unpaired) electrons. The molecular formula is C25H28N6O4. The van der Waals surface area contributed by atoms with E-state index in [9.17, 15) is 15.3 Å². The number of hydrogen-bond acceptors (Lipinski definition) is 9. The first-order valence-electron chi connectivity index (χ1n) is 11.5. The first kappa shape index (κ1) is 23.0. The van der Waals surface area contributed by atoms with Gasteiger partial charge in [0.1, 0.15) is 17.9 Å². The molecule has 182 valence electrons. The van der Waals surface area contributed by atoms with Crippen LogP contribution < -0.4 is 15.0 Å². The molecule has 1 fully saturated rings. The molecular weight excluding hydrogens is 448 g/mol. The summed E-state index contributed by atoms with van der Waals surface area (Å²) in [4.78, 5) is 16.1. The molecule has 10 nitrogen and oxygen atoms in total. The molecule has 0 aliphatic carbocycles. The molecule has 35 heavy (non-hydrogen) atoms. The van der Waals surface area contributed by atoms with E-state index >= 15 is 0 Å². The Balaban J connectivity index is 1.48. The van der Waals surface area contributed by atoms with Crippen molar-refractivity contribution < 1.29 is 20.1 Å². The van der Waals surface area contributed by atoms with Crippen LogP contribution in [0.3, 0.4) is 0 Å². The van der Waals surface area contributed by atoms with E-state index in [0.29, 0.717) is 28.6 Å². The quantitative estimate of drug-likeness (QED) is 0.303. The standard InChI is InChI=1S/C25H28N6O4/c1-35-22-10-18(9-16(12-32)20(22)14-34)30-11-23(26-15-30)28-25-27-21-7-3-2-6-19(21)24(29-25)31-8-4-5-17(31)13-33/h2-3,6-7,9-11,15,17,32-34H,4-5,8,12-14H2,1H3,(H,27,28,29)/t17-/m0/s1. The maximum Gasteiger partial charge on any atom is 0.230 e. The first-order valence-corrected chi connectivity index (χ1v) is 11.5. The fraction of sp³-hybridized carbons (Fsp3) is 0.320. The van der Waals surface area contributed by atoms with Gasteiger partial charge in [-0.05, 0) is 36.6 Å². The number of aliphatic hydroxyl groups is 3. The van der Waals surface area contributed by atoms with Gasteiger partial charge in [-0.2, -0.15) is 4.98 Å². The number of fused-ring (bicyclic) bond motifs is 1. The van der Waals surface area contributed by atoms with Gasteiger partial charge in [0.25, 0.3) is 0 Å². The summed E-state index contributed by atoms with van der Waals surface area (Å²) in [6.07, 6.45) is 5.36. The number of benzene rings is 2. The summed E-state index contributed by atoms with van der Waals surface area (Å²) in [6, 6.07) is 11.4. The highest BCUT2D eigenvalue weighted by molar-refractivity contribution is 5.91. The minimum atomic E-state index is -0.230. The smallest absolute Gasteiger partial charge is 0.230 e. The lowest BCUT2D eigenvalue weighted by atomic mass is 10.1. The summed E-state index contributed by atoms with van der Waals surface area (Å²) in [5, 5.41) is 33.4. The molecule has 0 bridgehead atoms. The van der Waals surface area contributed by atoms with E-state index in [1.54, 1.807) is 29.2 Å². The van der Waals surface area contributed by atoms with Gasteiger partial charge in [-0.15, -0.1) is 0 Å². The highest BCUT2D eigenvalue weighted by atomic mass is 16.5. The van der Waals surface area contributed by atoms with Gasteiger partial charge >= 0.3 is 0 Å². The molecule has 0 amide bonds. The van der Waals surface area contributed by atoms with Crippen LogP contribution in [-0.4, -0.2) is 61.1 Å². The van der Waals surface area contributed by atoms with Crippen molar-refractivity contribution in [2.75, 3.05) is 30.5 Å². The number of para-hydroxylation sites is 1. The number of methoxy groups -OCH3 is 1. The lowest BCUT2D eigenvalue weighted by Gasteiger charge is -2.25. The zero-order valence-corrected chi connectivity index (χ0v) is 19.4. The molecule has 1 aliphatic heterocycles. The molecule has 0 unspecified atom stereocenters. The number of nitrogens with zero attached hydrogens (tertiary/aromatic N) is 5. The highest BCUT2D eigenvalue weighted by Gasteiger charge is 2.27. The summed E-state index contributed by atoms with van der Waals surface area (Å²) >= 11 is 0. The molecule has 3 heterocycles. The predicted octanol–water partition coefficient (Wildman–Crippen LogP) is 2.51. The summed E-state index contributed by atoms with van der Waals surface area (Å²) in [6.45, 7) is 0.462. The van der Waals surface area contributed by atoms with Crippen LogP contribution in [0.25, 0.3) is 16.6 Å². The van der Waals surface area contributed by atoms with Crippen LogP contribution in [0.2, 0.25) is 0 Å². The normalized spacial score (nSPS) is 15.7. The van der Waals surface area contributed by atoms with Gasteiger partial charge in [0.2, 0.25) is 5.95 Å². The third-order valence-electron chi connectivity index (χ3n) is 6.40. The summed E-state index contributed by atoms with van der Waals surface area (Å²) in [5.74, 6) is 2.24. The highest BCUT2D eigenvalue weighted by Crippen LogP contribution is 2.32. The zero-order valence-electron chi connectivity index (χ0n) is 19.4. The minimum absolute atomic E-state index is 0.0398. The lowest BCUT2D eigenvalue weighted by molar-refractivity contribution is 0.254. The molecule has 0 spiro atoms.